The number of aromatic nitrogens is 1. The number of halogens is 3. The molecule has 1 heterocycles. The van der Waals surface area contributed by atoms with E-state index in [0.29, 0.717) is 4.47 Å². The minimum Gasteiger partial charge on any atom is -0.255 e. The van der Waals surface area contributed by atoms with Gasteiger partial charge in [0.05, 0.1) is 15.7 Å². The molecule has 0 aliphatic rings. The van der Waals surface area contributed by atoms with Crippen LogP contribution in [0.25, 0.3) is 0 Å². The molecule has 0 saturated carbocycles. The Morgan fingerprint density at radius 3 is 2.33 bits per heavy atom. The second-order valence-electron chi connectivity index (χ2n) is 4.54. The van der Waals surface area contributed by atoms with Crippen LogP contribution < -0.4 is 4.72 Å². The molecule has 114 valence electrons. The summed E-state index contributed by atoms with van der Waals surface area (Å²) in [6.07, 6.45) is 0. The molecule has 0 bridgehead atoms. The van der Waals surface area contributed by atoms with Crippen molar-refractivity contribution in [2.75, 3.05) is 4.72 Å². The van der Waals surface area contributed by atoms with Gasteiger partial charge in [-0.15, -0.1) is 11.3 Å². The van der Waals surface area contributed by atoms with Crippen molar-refractivity contribution < 1.29 is 8.42 Å². The van der Waals surface area contributed by atoms with Crippen molar-refractivity contribution >= 4 is 65.6 Å². The third kappa shape index (κ3) is 3.90. The minimum atomic E-state index is -3.89. The van der Waals surface area contributed by atoms with Crippen LogP contribution in [0.4, 0.5) is 5.13 Å². The number of anilines is 1. The van der Waals surface area contributed by atoms with E-state index in [9.17, 15) is 8.42 Å². The van der Waals surface area contributed by atoms with Crippen LogP contribution in [0.15, 0.2) is 26.9 Å². The Morgan fingerprint density at radius 1 is 1.29 bits per heavy atom. The van der Waals surface area contributed by atoms with Gasteiger partial charge < -0.3 is 0 Å². The third-order valence-corrected chi connectivity index (χ3v) is 6.19. The number of hydrogen-bond donors (Lipinski definition) is 1. The molecule has 0 saturated heterocycles. The summed E-state index contributed by atoms with van der Waals surface area (Å²) in [5, 5.41) is 2.19. The molecule has 2 rings (SSSR count). The lowest BCUT2D eigenvalue weighted by Crippen LogP contribution is -2.14. The molecule has 0 unspecified atom stereocenters. The fourth-order valence-corrected chi connectivity index (χ4v) is 5.61. The van der Waals surface area contributed by atoms with Crippen molar-refractivity contribution in [3.8, 4) is 0 Å². The van der Waals surface area contributed by atoms with E-state index in [0.717, 1.165) is 5.69 Å². The van der Waals surface area contributed by atoms with Gasteiger partial charge in [0.25, 0.3) is 10.0 Å². The van der Waals surface area contributed by atoms with Crippen LogP contribution in [-0.2, 0) is 10.0 Å². The monoisotopic (exact) mass is 428 g/mol. The second-order valence-corrected chi connectivity index (χ2v) is 8.74. The lowest BCUT2D eigenvalue weighted by atomic mass is 10.2. The van der Waals surface area contributed by atoms with Gasteiger partial charge in [-0.05, 0) is 18.1 Å². The van der Waals surface area contributed by atoms with Crippen LogP contribution in [0.5, 0.6) is 0 Å². The highest BCUT2D eigenvalue weighted by molar-refractivity contribution is 9.10. The first-order valence-corrected chi connectivity index (χ1v) is 9.74. The summed E-state index contributed by atoms with van der Waals surface area (Å²) in [6.45, 7) is 3.96. The van der Waals surface area contributed by atoms with E-state index in [2.05, 4.69) is 25.6 Å². The molecular weight excluding hydrogens is 419 g/mol. The molecule has 0 fully saturated rings. The van der Waals surface area contributed by atoms with Crippen LogP contribution >= 0.6 is 50.5 Å². The number of benzene rings is 1. The van der Waals surface area contributed by atoms with Crippen molar-refractivity contribution in [2.24, 2.45) is 0 Å². The molecular formula is C12H11BrCl2N2O2S2. The molecule has 0 aliphatic heterocycles. The molecule has 1 aromatic heterocycles. The minimum absolute atomic E-state index is 0.0440. The Bertz CT molecular complexity index is 752. The fraction of sp³-hybridized carbons (Fsp3) is 0.250. The average molecular weight is 430 g/mol. The first-order valence-electron chi connectivity index (χ1n) is 5.83. The smallest absolute Gasteiger partial charge is 0.255 e. The molecule has 9 heteroatoms. The molecule has 0 spiro atoms. The van der Waals surface area contributed by atoms with Crippen molar-refractivity contribution in [2.45, 2.75) is 24.7 Å². The molecule has 0 aliphatic carbocycles. The van der Waals surface area contributed by atoms with Gasteiger partial charge in [-0.2, -0.15) is 0 Å². The topological polar surface area (TPSA) is 59.1 Å². The maximum absolute atomic E-state index is 12.4. The van der Waals surface area contributed by atoms with Crippen LogP contribution in [0, 0.1) is 0 Å². The van der Waals surface area contributed by atoms with Gasteiger partial charge >= 0.3 is 0 Å². The van der Waals surface area contributed by atoms with E-state index in [-0.39, 0.29) is 26.0 Å². The zero-order valence-electron chi connectivity index (χ0n) is 11.0. The number of rotatable bonds is 4. The number of nitrogens with one attached hydrogen (secondary N) is 1. The van der Waals surface area contributed by atoms with Crippen LogP contribution in [0.3, 0.4) is 0 Å². The average Bonchev–Trinajstić information content (AvgIpc) is 2.74. The summed E-state index contributed by atoms with van der Waals surface area (Å²) >= 11 is 16.4. The summed E-state index contributed by atoms with van der Waals surface area (Å²) < 4.78 is 27.8. The maximum Gasteiger partial charge on any atom is 0.266 e. The molecule has 0 radical (unpaired) electrons. The number of hydrogen-bond acceptors (Lipinski definition) is 4. The second kappa shape index (κ2) is 6.42. The van der Waals surface area contributed by atoms with E-state index in [1.807, 2.05) is 19.2 Å². The first-order chi connectivity index (χ1) is 9.70. The van der Waals surface area contributed by atoms with Crippen LogP contribution in [-0.4, -0.2) is 13.4 Å². The van der Waals surface area contributed by atoms with Gasteiger partial charge in [-0.25, -0.2) is 13.4 Å². The number of thiazole rings is 1. The Balaban J connectivity index is 2.38. The third-order valence-electron chi connectivity index (χ3n) is 2.57. The Hall–Kier alpha value is -0.340. The van der Waals surface area contributed by atoms with Gasteiger partial charge in [0, 0.05) is 9.85 Å². The quantitative estimate of drug-likeness (QED) is 0.731. The van der Waals surface area contributed by atoms with E-state index in [1.54, 1.807) is 0 Å². The fourth-order valence-electron chi connectivity index (χ4n) is 1.55. The summed E-state index contributed by atoms with van der Waals surface area (Å²) in [4.78, 5) is 4.07. The summed E-state index contributed by atoms with van der Waals surface area (Å²) in [5.74, 6) is 0.222. The van der Waals surface area contributed by atoms with Crippen molar-refractivity contribution in [3.05, 3.63) is 37.7 Å². The highest BCUT2D eigenvalue weighted by Gasteiger charge is 2.23. The molecule has 2 aromatic rings. The molecule has 1 aromatic carbocycles. The standard InChI is InChI=1S/C12H11BrCl2N2O2S2/c1-6(2)10-5-20-12(16-10)17-21(18,19)11-8(14)3-7(13)4-9(11)15/h3-6H,1-2H3,(H,16,17). The van der Waals surface area contributed by atoms with Crippen LogP contribution in [0.2, 0.25) is 10.0 Å². The van der Waals surface area contributed by atoms with Crippen LogP contribution in [0.1, 0.15) is 25.5 Å². The normalized spacial score (nSPS) is 11.9. The predicted molar refractivity (Wildman–Crippen MR) is 91.2 cm³/mol. The molecule has 0 atom stereocenters. The first kappa shape index (κ1) is 17.0. The van der Waals surface area contributed by atoms with Gasteiger partial charge in [-0.3, -0.25) is 4.72 Å². The molecule has 0 amide bonds. The molecule has 4 nitrogen and oxygen atoms in total. The van der Waals surface area contributed by atoms with E-state index in [4.69, 9.17) is 23.2 Å². The van der Waals surface area contributed by atoms with Gasteiger partial charge in [-0.1, -0.05) is 53.0 Å². The van der Waals surface area contributed by atoms with Gasteiger partial charge in [0.1, 0.15) is 4.90 Å². The van der Waals surface area contributed by atoms with Gasteiger partial charge in [0.2, 0.25) is 0 Å². The van der Waals surface area contributed by atoms with E-state index in [1.165, 1.54) is 23.5 Å². The Labute approximate surface area is 145 Å². The lowest BCUT2D eigenvalue weighted by molar-refractivity contribution is 0.601. The van der Waals surface area contributed by atoms with Gasteiger partial charge in [0.15, 0.2) is 5.13 Å². The maximum atomic E-state index is 12.4. The zero-order valence-corrected chi connectivity index (χ0v) is 15.8. The molecule has 1 N–H and O–H groups in total. The highest BCUT2D eigenvalue weighted by atomic mass is 79.9. The number of nitrogens with zero attached hydrogens (tertiary/aromatic N) is 1. The largest absolute Gasteiger partial charge is 0.266 e. The lowest BCUT2D eigenvalue weighted by Gasteiger charge is -2.09. The Morgan fingerprint density at radius 2 is 1.86 bits per heavy atom. The predicted octanol–water partition coefficient (Wildman–Crippen LogP) is 5.14. The highest BCUT2D eigenvalue weighted by Crippen LogP contribution is 2.34. The zero-order chi connectivity index (χ0) is 15.8. The van der Waals surface area contributed by atoms with Crippen molar-refractivity contribution in [1.29, 1.82) is 0 Å². The van der Waals surface area contributed by atoms with Crippen molar-refractivity contribution in [3.63, 3.8) is 0 Å². The summed E-state index contributed by atoms with van der Waals surface area (Å²) in [7, 11) is -3.89. The summed E-state index contributed by atoms with van der Waals surface area (Å²) in [6, 6.07) is 2.95. The summed E-state index contributed by atoms with van der Waals surface area (Å²) in [5.41, 5.74) is 0.825. The number of sulfonamides is 1. The van der Waals surface area contributed by atoms with E-state index >= 15 is 0 Å². The molecule has 21 heavy (non-hydrogen) atoms. The van der Waals surface area contributed by atoms with E-state index < -0.39 is 10.0 Å². The Kier molecular flexibility index (Phi) is 5.20. The SMILES string of the molecule is CC(C)c1csc(NS(=O)(=O)c2c(Cl)cc(Br)cc2Cl)n1. The van der Waals surface area contributed by atoms with Crippen molar-refractivity contribution in [1.82, 2.24) is 4.98 Å².